The van der Waals surface area contributed by atoms with E-state index in [9.17, 15) is 9.59 Å². The molecule has 1 atom stereocenters. The molecule has 1 fully saturated rings. The Hall–Kier alpha value is -2.14. The quantitative estimate of drug-likeness (QED) is 0.704. The Morgan fingerprint density at radius 1 is 1.12 bits per heavy atom. The van der Waals surface area contributed by atoms with Crippen molar-refractivity contribution in [3.05, 3.63) is 70.2 Å². The zero-order valence-corrected chi connectivity index (χ0v) is 16.2. The number of amides is 2. The van der Waals surface area contributed by atoms with Gasteiger partial charge < -0.3 is 10.2 Å². The van der Waals surface area contributed by atoms with Gasteiger partial charge in [0.25, 0.3) is 0 Å². The zero-order chi connectivity index (χ0) is 18.4. The van der Waals surface area contributed by atoms with Crippen molar-refractivity contribution in [2.24, 2.45) is 5.92 Å². The van der Waals surface area contributed by atoms with Crippen LogP contribution in [-0.2, 0) is 22.6 Å². The lowest BCUT2D eigenvalue weighted by Crippen LogP contribution is -2.33. The third-order valence-corrected chi connectivity index (χ3v) is 5.13. The molecular weight excluding hydrogens is 392 g/mol. The van der Waals surface area contributed by atoms with Crippen molar-refractivity contribution >= 4 is 27.7 Å². The maximum absolute atomic E-state index is 12.4. The summed E-state index contributed by atoms with van der Waals surface area (Å²) in [5.74, 6) is -0.205. The van der Waals surface area contributed by atoms with Crippen LogP contribution < -0.4 is 5.32 Å². The molecule has 26 heavy (non-hydrogen) atoms. The Morgan fingerprint density at radius 3 is 2.65 bits per heavy atom. The SMILES string of the molecule is O=C(NCCCc1ccccc1)[C@@H]1CC(=O)N(Cc2cccc(Br)c2)C1. The van der Waals surface area contributed by atoms with Crippen LogP contribution in [-0.4, -0.2) is 29.8 Å². The number of aryl methyl sites for hydroxylation is 1. The zero-order valence-electron chi connectivity index (χ0n) is 14.7. The van der Waals surface area contributed by atoms with Crippen LogP contribution in [0.4, 0.5) is 0 Å². The Bertz CT molecular complexity index is 764. The van der Waals surface area contributed by atoms with Crippen molar-refractivity contribution in [1.82, 2.24) is 10.2 Å². The van der Waals surface area contributed by atoms with Crippen molar-refractivity contribution in [3.63, 3.8) is 0 Å². The molecule has 1 aliphatic rings. The highest BCUT2D eigenvalue weighted by atomic mass is 79.9. The van der Waals surface area contributed by atoms with E-state index in [2.05, 4.69) is 33.4 Å². The average molecular weight is 415 g/mol. The van der Waals surface area contributed by atoms with E-state index in [4.69, 9.17) is 0 Å². The molecule has 0 bridgehead atoms. The number of rotatable bonds is 7. The highest BCUT2D eigenvalue weighted by Gasteiger charge is 2.33. The fourth-order valence-corrected chi connectivity index (χ4v) is 3.70. The number of carbonyl (C=O) groups excluding carboxylic acids is 2. The van der Waals surface area contributed by atoms with Crippen LogP contribution in [0.25, 0.3) is 0 Å². The molecule has 1 heterocycles. The molecule has 2 aromatic rings. The second kappa shape index (κ2) is 8.99. The average Bonchev–Trinajstić information content (AvgIpc) is 3.00. The van der Waals surface area contributed by atoms with Crippen LogP contribution in [0, 0.1) is 5.92 Å². The lowest BCUT2D eigenvalue weighted by molar-refractivity contribution is -0.129. The summed E-state index contributed by atoms with van der Waals surface area (Å²) >= 11 is 3.45. The van der Waals surface area contributed by atoms with E-state index in [1.807, 2.05) is 42.5 Å². The molecular formula is C21H23BrN2O2. The van der Waals surface area contributed by atoms with Gasteiger partial charge in [-0.3, -0.25) is 9.59 Å². The van der Waals surface area contributed by atoms with Gasteiger partial charge in [-0.2, -0.15) is 0 Å². The second-order valence-corrected chi connectivity index (χ2v) is 7.60. The molecule has 1 saturated heterocycles. The number of nitrogens with zero attached hydrogens (tertiary/aromatic N) is 1. The maximum atomic E-state index is 12.4. The predicted octanol–water partition coefficient (Wildman–Crippen LogP) is 3.55. The van der Waals surface area contributed by atoms with Gasteiger partial charge in [-0.05, 0) is 36.1 Å². The van der Waals surface area contributed by atoms with Crippen LogP contribution >= 0.6 is 15.9 Å². The summed E-state index contributed by atoms with van der Waals surface area (Å²) in [7, 11) is 0. The van der Waals surface area contributed by atoms with E-state index in [1.54, 1.807) is 4.90 Å². The van der Waals surface area contributed by atoms with Crippen molar-refractivity contribution < 1.29 is 9.59 Å². The fourth-order valence-electron chi connectivity index (χ4n) is 3.25. The first-order chi connectivity index (χ1) is 12.6. The lowest BCUT2D eigenvalue weighted by atomic mass is 10.1. The number of hydrogen-bond donors (Lipinski definition) is 1. The Labute approximate surface area is 162 Å². The smallest absolute Gasteiger partial charge is 0.225 e. The van der Waals surface area contributed by atoms with Gasteiger partial charge in [-0.15, -0.1) is 0 Å². The summed E-state index contributed by atoms with van der Waals surface area (Å²) in [6.07, 6.45) is 2.15. The van der Waals surface area contributed by atoms with Crippen LogP contribution in [0.15, 0.2) is 59.1 Å². The predicted molar refractivity (Wildman–Crippen MR) is 105 cm³/mol. The van der Waals surface area contributed by atoms with E-state index >= 15 is 0 Å². The third-order valence-electron chi connectivity index (χ3n) is 4.63. The summed E-state index contributed by atoms with van der Waals surface area (Å²) in [6.45, 7) is 1.69. The van der Waals surface area contributed by atoms with Gasteiger partial charge in [0.2, 0.25) is 11.8 Å². The minimum atomic E-state index is -0.244. The summed E-state index contributed by atoms with van der Waals surface area (Å²) in [5.41, 5.74) is 2.34. The van der Waals surface area contributed by atoms with E-state index < -0.39 is 0 Å². The molecule has 0 aliphatic carbocycles. The molecule has 0 spiro atoms. The topological polar surface area (TPSA) is 49.4 Å². The highest BCUT2D eigenvalue weighted by Crippen LogP contribution is 2.21. The van der Waals surface area contributed by atoms with Gasteiger partial charge in [-0.1, -0.05) is 58.4 Å². The molecule has 0 unspecified atom stereocenters. The van der Waals surface area contributed by atoms with E-state index in [0.717, 1.165) is 22.9 Å². The molecule has 0 radical (unpaired) electrons. The minimum Gasteiger partial charge on any atom is -0.356 e. The maximum Gasteiger partial charge on any atom is 0.225 e. The van der Waals surface area contributed by atoms with Gasteiger partial charge in [-0.25, -0.2) is 0 Å². The lowest BCUT2D eigenvalue weighted by Gasteiger charge is -2.17. The molecule has 1 aliphatic heterocycles. The summed E-state index contributed by atoms with van der Waals surface area (Å²) in [4.78, 5) is 26.4. The molecule has 136 valence electrons. The first-order valence-corrected chi connectivity index (χ1v) is 9.75. The van der Waals surface area contributed by atoms with Crippen molar-refractivity contribution in [2.45, 2.75) is 25.8 Å². The van der Waals surface area contributed by atoms with Crippen molar-refractivity contribution in [2.75, 3.05) is 13.1 Å². The number of carbonyl (C=O) groups is 2. The first kappa shape index (κ1) is 18.6. The minimum absolute atomic E-state index is 0.0110. The number of nitrogens with one attached hydrogen (secondary N) is 1. The number of likely N-dealkylation sites (tertiary alicyclic amines) is 1. The monoisotopic (exact) mass is 414 g/mol. The van der Waals surface area contributed by atoms with E-state index in [0.29, 0.717) is 26.1 Å². The van der Waals surface area contributed by atoms with Crippen molar-refractivity contribution in [3.8, 4) is 0 Å². The fraction of sp³-hybridized carbons (Fsp3) is 0.333. The molecule has 2 aromatic carbocycles. The second-order valence-electron chi connectivity index (χ2n) is 6.69. The third kappa shape index (κ3) is 5.18. The van der Waals surface area contributed by atoms with Gasteiger partial charge in [0.15, 0.2) is 0 Å². The molecule has 0 saturated carbocycles. The van der Waals surface area contributed by atoms with Crippen molar-refractivity contribution in [1.29, 1.82) is 0 Å². The molecule has 0 aromatic heterocycles. The number of hydrogen-bond acceptors (Lipinski definition) is 2. The Balaban J connectivity index is 1.43. The number of benzene rings is 2. The Morgan fingerprint density at radius 2 is 1.88 bits per heavy atom. The normalized spacial score (nSPS) is 16.7. The van der Waals surface area contributed by atoms with E-state index in [-0.39, 0.29) is 17.7 Å². The first-order valence-electron chi connectivity index (χ1n) is 8.95. The van der Waals surface area contributed by atoms with Gasteiger partial charge in [0.05, 0.1) is 5.92 Å². The van der Waals surface area contributed by atoms with Crippen LogP contribution in [0.1, 0.15) is 24.0 Å². The van der Waals surface area contributed by atoms with Crippen LogP contribution in [0.2, 0.25) is 0 Å². The molecule has 3 rings (SSSR count). The summed E-state index contributed by atoms with van der Waals surface area (Å²) < 4.78 is 0.995. The molecule has 5 heteroatoms. The standard InChI is InChI=1S/C21H23BrN2O2/c22-19-10-4-8-17(12-19)14-24-15-18(13-20(24)25)21(26)23-11-5-9-16-6-2-1-3-7-16/h1-4,6-8,10,12,18H,5,9,11,13-15H2,(H,23,26)/t18-/m1/s1. The molecule has 1 N–H and O–H groups in total. The summed E-state index contributed by atoms with van der Waals surface area (Å²) in [6, 6.07) is 18.2. The summed E-state index contributed by atoms with van der Waals surface area (Å²) in [5, 5.41) is 2.98. The van der Waals surface area contributed by atoms with Crippen LogP contribution in [0.5, 0.6) is 0 Å². The van der Waals surface area contributed by atoms with E-state index in [1.165, 1.54) is 5.56 Å². The van der Waals surface area contributed by atoms with Gasteiger partial charge >= 0.3 is 0 Å². The highest BCUT2D eigenvalue weighted by molar-refractivity contribution is 9.10. The Kier molecular flexibility index (Phi) is 6.45. The number of halogens is 1. The molecule has 2 amide bonds. The van der Waals surface area contributed by atoms with Gasteiger partial charge in [0, 0.05) is 30.5 Å². The van der Waals surface area contributed by atoms with Crippen LogP contribution in [0.3, 0.4) is 0 Å². The molecule has 4 nitrogen and oxygen atoms in total. The van der Waals surface area contributed by atoms with Gasteiger partial charge in [0.1, 0.15) is 0 Å². The largest absolute Gasteiger partial charge is 0.356 e.